The highest BCUT2D eigenvalue weighted by molar-refractivity contribution is 7.94. The van der Waals surface area contributed by atoms with E-state index in [2.05, 4.69) is 20.8 Å². The summed E-state index contributed by atoms with van der Waals surface area (Å²) in [6.45, 7) is 18.9. The monoisotopic (exact) mass is 1190 g/mol. The second-order valence-corrected chi connectivity index (χ2v) is 28.7. The molecule has 6 aromatic rings. The number of nitrogens with one attached hydrogen (secondary N) is 1. The van der Waals surface area contributed by atoms with Gasteiger partial charge in [-0.25, -0.2) is 20.2 Å². The molecule has 4 aromatic heterocycles. The summed E-state index contributed by atoms with van der Waals surface area (Å²) in [5, 5.41) is 40.0. The Bertz CT molecular complexity index is 3630. The van der Waals surface area contributed by atoms with Crippen molar-refractivity contribution in [1.29, 1.82) is 5.26 Å². The number of nitriles is 1. The van der Waals surface area contributed by atoms with Crippen molar-refractivity contribution >= 4 is 114 Å². The smallest absolute Gasteiger partial charge is 0.294 e. The van der Waals surface area contributed by atoms with E-state index in [1.807, 2.05) is 67.2 Å². The number of aryl methyl sites for hydroxylation is 1. The average Bonchev–Trinajstić information content (AvgIpc) is 4.12. The van der Waals surface area contributed by atoms with E-state index in [0.29, 0.717) is 85.4 Å². The highest BCUT2D eigenvalue weighted by Crippen LogP contribution is 2.50. The summed E-state index contributed by atoms with van der Waals surface area (Å²) in [4.78, 5) is 17.3. The van der Waals surface area contributed by atoms with Crippen molar-refractivity contribution in [3.05, 3.63) is 59.3 Å². The van der Waals surface area contributed by atoms with E-state index in [1.165, 1.54) is 34.2 Å². The highest BCUT2D eigenvalue weighted by Gasteiger charge is 2.51. The van der Waals surface area contributed by atoms with Crippen LogP contribution in [0.3, 0.4) is 0 Å². The lowest BCUT2D eigenvalue weighted by Crippen LogP contribution is -2.55. The first-order chi connectivity index (χ1) is 36.7. The largest absolute Gasteiger partial charge is 0.365 e. The number of aromatic nitrogens is 5. The number of fused-ring (bicyclic) bond motifs is 2. The molecule has 422 valence electrons. The Labute approximate surface area is 466 Å². The lowest BCUT2D eigenvalue weighted by Gasteiger charge is -2.49. The Morgan fingerprint density at radius 3 is 2.04 bits per heavy atom. The van der Waals surface area contributed by atoms with Crippen molar-refractivity contribution in [3.63, 3.8) is 0 Å². The van der Waals surface area contributed by atoms with E-state index in [4.69, 9.17) is 35.5 Å². The molecule has 2 fully saturated rings. The molecule has 5 N–H and O–H groups in total. The zero-order valence-electron chi connectivity index (χ0n) is 44.6. The molecule has 0 amide bonds. The van der Waals surface area contributed by atoms with Gasteiger partial charge in [0.25, 0.3) is 30.4 Å². The summed E-state index contributed by atoms with van der Waals surface area (Å²) in [5.41, 5.74) is 1.49. The number of hydrogen-bond acceptors (Lipinski definition) is 21. The van der Waals surface area contributed by atoms with Crippen LogP contribution in [0.25, 0.3) is 25.6 Å². The van der Waals surface area contributed by atoms with Gasteiger partial charge in [0.1, 0.15) is 23.1 Å². The predicted molar refractivity (Wildman–Crippen MR) is 300 cm³/mol. The maximum atomic E-state index is 13.5. The quantitative estimate of drug-likeness (QED) is 0.0175. The van der Waals surface area contributed by atoms with E-state index in [-0.39, 0.29) is 45.4 Å². The van der Waals surface area contributed by atoms with Gasteiger partial charge < -0.3 is 5.32 Å². The first kappa shape index (κ1) is 59.4. The second-order valence-electron chi connectivity index (χ2n) is 21.4. The first-order valence-electron chi connectivity index (χ1n) is 25.6. The molecule has 0 aliphatic heterocycles. The summed E-state index contributed by atoms with van der Waals surface area (Å²) in [6, 6.07) is 12.0. The molecule has 2 aliphatic carbocycles. The van der Waals surface area contributed by atoms with Gasteiger partial charge in [-0.2, -0.15) is 40.3 Å². The minimum atomic E-state index is -4.63. The van der Waals surface area contributed by atoms with Gasteiger partial charge in [0, 0.05) is 22.4 Å². The summed E-state index contributed by atoms with van der Waals surface area (Å²) in [5.74, 6) is -2.08. The Morgan fingerprint density at radius 1 is 0.833 bits per heavy atom. The molecule has 4 heterocycles. The normalized spacial score (nSPS) is 24.5. The van der Waals surface area contributed by atoms with Gasteiger partial charge in [0.15, 0.2) is 16.8 Å². The molecule has 0 bridgehead atoms. The number of azo groups is 1. The molecule has 0 saturated heterocycles. The zero-order chi connectivity index (χ0) is 57.0. The maximum Gasteiger partial charge on any atom is 0.294 e. The van der Waals surface area contributed by atoms with Gasteiger partial charge in [-0.3, -0.25) is 18.6 Å². The van der Waals surface area contributed by atoms with Gasteiger partial charge in [0.2, 0.25) is 5.13 Å². The van der Waals surface area contributed by atoms with Gasteiger partial charge >= 0.3 is 0 Å². The maximum absolute atomic E-state index is 13.5. The first-order valence-corrected chi connectivity index (χ1v) is 32.4. The van der Waals surface area contributed by atoms with E-state index >= 15 is 0 Å². The van der Waals surface area contributed by atoms with Crippen molar-refractivity contribution in [2.75, 3.05) is 10.2 Å². The van der Waals surface area contributed by atoms with Crippen LogP contribution in [0.4, 0.5) is 28.3 Å². The molecule has 2 saturated carbocycles. The van der Waals surface area contributed by atoms with E-state index < -0.39 is 82.0 Å². The van der Waals surface area contributed by atoms with Crippen LogP contribution in [-0.2, 0) is 45.1 Å². The van der Waals surface area contributed by atoms with E-state index in [1.54, 1.807) is 31.2 Å². The lowest BCUT2D eigenvalue weighted by molar-refractivity contribution is -0.432. The van der Waals surface area contributed by atoms with Crippen molar-refractivity contribution in [3.8, 4) is 11.2 Å². The van der Waals surface area contributed by atoms with Crippen LogP contribution in [0, 0.1) is 53.8 Å². The summed E-state index contributed by atoms with van der Waals surface area (Å²) in [7, 11) is -13.8. The van der Waals surface area contributed by atoms with E-state index in [0.717, 1.165) is 23.4 Å². The fourth-order valence-corrected chi connectivity index (χ4v) is 18.1. The Morgan fingerprint density at radius 2 is 1.45 bits per heavy atom. The standard InChI is InChI=1S/C50H64N10O12S6/c1-11-28-19-26(6)43(77(65,66)67)32(13-3)41(28)55-46-40(56-57-47-34(24-51)45(50(8,9)10)58-60(47)49-53-35-17-15-30(75-72-71-61)22-37(35)74-49)25(5)21-39(54-46)59(48-52-36-18-16-31(76(62,63)64)23-38(36)73-48)42-29(12-2)20-27(7)44(33(42)14-4)78(68,69)70/h15-18,21-23,26-29,32-33,41-44,61H,11-14,19-20H2,1-10H3,(H,54,55)(H,62,63,64)(H,65,66,67)(H,68,69,70). The molecule has 2 aromatic carbocycles. The fourth-order valence-electron chi connectivity index (χ4n) is 12.0. The van der Waals surface area contributed by atoms with E-state index in [9.17, 15) is 44.2 Å². The van der Waals surface area contributed by atoms with Crippen LogP contribution >= 0.6 is 34.7 Å². The molecule has 10 atom stereocenters. The van der Waals surface area contributed by atoms with Crippen molar-refractivity contribution in [2.45, 2.75) is 146 Å². The number of hydrogen-bond donors (Lipinski definition) is 5. The van der Waals surface area contributed by atoms with Crippen LogP contribution in [0.5, 0.6) is 0 Å². The summed E-state index contributed by atoms with van der Waals surface area (Å²) < 4.78 is 117. The fraction of sp³-hybridized carbons (Fsp3) is 0.540. The van der Waals surface area contributed by atoms with Crippen molar-refractivity contribution in [1.82, 2.24) is 24.7 Å². The van der Waals surface area contributed by atoms with Crippen LogP contribution < -0.4 is 10.2 Å². The second kappa shape index (κ2) is 23.0. The van der Waals surface area contributed by atoms with Crippen molar-refractivity contribution < 1.29 is 53.5 Å². The third-order valence-corrected chi connectivity index (χ3v) is 21.8. The minimum Gasteiger partial charge on any atom is -0.365 e. The third kappa shape index (κ3) is 11.8. The summed E-state index contributed by atoms with van der Waals surface area (Å²) in [6.07, 6.45) is 2.69. The topological polar surface area (TPSA) is 322 Å². The summed E-state index contributed by atoms with van der Waals surface area (Å²) >= 11 is 3.13. The SMILES string of the molecule is CCC1CC(C)C(S(=O)(=O)O)C(CC)C1Nc1nc(N(c2nc3ccc(S(=O)(=O)O)cc3s2)C2C(CC)CC(C)C(S(=O)(=O)O)C2CC)cc(C)c1N=Nc1c(C#N)c(C(C)(C)C)nn1-c1nc2ccc(SOOO)cc2s1. The molecule has 0 radical (unpaired) electrons. The number of pyridine rings is 1. The Balaban J connectivity index is 1.40. The molecular weight excluding hydrogens is 1130 g/mol. The predicted octanol–water partition coefficient (Wildman–Crippen LogP) is 12.0. The minimum absolute atomic E-state index is 0.0443. The van der Waals surface area contributed by atoms with Gasteiger partial charge in [0.05, 0.1) is 53.6 Å². The number of thiazole rings is 2. The molecular formula is C50H64N10O12S6. The van der Waals surface area contributed by atoms with Crippen LogP contribution in [-0.4, -0.2) is 91.5 Å². The molecule has 28 heteroatoms. The molecule has 8 rings (SSSR count). The molecule has 0 spiro atoms. The van der Waals surface area contributed by atoms with Crippen molar-refractivity contribution in [2.24, 2.45) is 45.7 Å². The number of rotatable bonds is 18. The lowest BCUT2D eigenvalue weighted by atomic mass is 9.69. The van der Waals surface area contributed by atoms with Crippen LogP contribution in [0.1, 0.15) is 118 Å². The van der Waals surface area contributed by atoms with Crippen LogP contribution in [0.2, 0.25) is 0 Å². The van der Waals surface area contributed by atoms with Gasteiger partial charge in [-0.1, -0.05) is 103 Å². The molecule has 78 heavy (non-hydrogen) atoms. The molecule has 2 aliphatic rings. The zero-order valence-corrected chi connectivity index (χ0v) is 49.5. The third-order valence-electron chi connectivity index (χ3n) is 15.4. The molecule has 22 nitrogen and oxygen atoms in total. The Hall–Kier alpha value is -4.77. The number of benzene rings is 2. The number of anilines is 3. The Kier molecular flexibility index (Phi) is 17.5. The highest BCUT2D eigenvalue weighted by atomic mass is 32.2. The van der Waals surface area contributed by atoms with Gasteiger partial charge in [-0.05, 0) is 116 Å². The number of nitrogens with zero attached hydrogens (tertiary/aromatic N) is 9. The molecule has 10 unspecified atom stereocenters. The van der Waals surface area contributed by atoms with Gasteiger partial charge in [-0.15, -0.1) is 14.6 Å². The van der Waals surface area contributed by atoms with Crippen LogP contribution in [0.15, 0.2) is 62.5 Å². The average molecular weight is 1190 g/mol.